The van der Waals surface area contributed by atoms with Crippen LogP contribution < -0.4 is 0 Å². The van der Waals surface area contributed by atoms with Gasteiger partial charge in [-0.05, 0) is 51.4 Å². The average Bonchev–Trinajstić information content (AvgIpc) is 3.01. The van der Waals surface area contributed by atoms with Crippen molar-refractivity contribution < 1.29 is 8.97 Å². The minimum atomic E-state index is 1.20. The Morgan fingerprint density at radius 1 is 0.318 bits per heavy atom. The van der Waals surface area contributed by atoms with Gasteiger partial charge in [-0.25, -0.2) is 0 Å². The fourth-order valence-corrected chi connectivity index (χ4v) is 7.27. The molecule has 0 aliphatic carbocycles. The zero-order valence-corrected chi connectivity index (χ0v) is 31.4. The normalized spacial score (nSPS) is 12.3. The van der Waals surface area contributed by atoms with Crippen molar-refractivity contribution in [3.63, 3.8) is 0 Å². The Kier molecular flexibility index (Phi) is 25.5. The Morgan fingerprint density at radius 3 is 0.750 bits per heavy atom. The second kappa shape index (κ2) is 27.3. The zero-order valence-electron chi connectivity index (χ0n) is 31.4. The third kappa shape index (κ3) is 21.8. The molecule has 2 heteroatoms. The van der Waals surface area contributed by atoms with Gasteiger partial charge in [0.05, 0.1) is 40.3 Å². The average molecular weight is 615 g/mol. The van der Waals surface area contributed by atoms with Crippen LogP contribution in [0.4, 0.5) is 0 Å². The lowest BCUT2D eigenvalue weighted by atomic mass is 10.1. The molecular weight excluding hydrogens is 532 g/mol. The molecule has 258 valence electrons. The molecule has 1 aromatic carbocycles. The highest BCUT2D eigenvalue weighted by atomic mass is 15.3. The van der Waals surface area contributed by atoms with Crippen molar-refractivity contribution in [1.82, 2.24) is 0 Å². The summed E-state index contributed by atoms with van der Waals surface area (Å²) >= 11 is 0. The summed E-state index contributed by atoms with van der Waals surface area (Å²) in [5, 5.41) is 0. The molecule has 0 bridgehead atoms. The van der Waals surface area contributed by atoms with Crippen LogP contribution in [0.3, 0.4) is 0 Å². The fraction of sp³-hybridized carbons (Fsp3) is 0.857. The van der Waals surface area contributed by atoms with Gasteiger partial charge in [0.2, 0.25) is 0 Å². The summed E-state index contributed by atoms with van der Waals surface area (Å²) < 4.78 is 2.45. The minimum absolute atomic E-state index is 1.20. The van der Waals surface area contributed by atoms with E-state index < -0.39 is 0 Å². The Morgan fingerprint density at radius 2 is 0.523 bits per heavy atom. The van der Waals surface area contributed by atoms with Crippen molar-refractivity contribution in [2.75, 3.05) is 40.3 Å². The van der Waals surface area contributed by atoms with Gasteiger partial charge >= 0.3 is 0 Å². The highest BCUT2D eigenvalue weighted by Crippen LogP contribution is 2.21. The van der Waals surface area contributed by atoms with E-state index in [1.54, 1.807) is 11.1 Å². The summed E-state index contributed by atoms with van der Waals surface area (Å²) in [5.74, 6) is 0. The van der Waals surface area contributed by atoms with E-state index in [1.807, 2.05) is 0 Å². The fourth-order valence-electron chi connectivity index (χ4n) is 7.27. The van der Waals surface area contributed by atoms with Crippen LogP contribution in [-0.2, 0) is 13.1 Å². The summed E-state index contributed by atoms with van der Waals surface area (Å²) in [6, 6.07) is 9.98. The van der Waals surface area contributed by atoms with Gasteiger partial charge in [-0.3, -0.25) is 0 Å². The van der Waals surface area contributed by atoms with Gasteiger partial charge in [0.15, 0.2) is 0 Å². The first-order valence-corrected chi connectivity index (χ1v) is 20.1. The van der Waals surface area contributed by atoms with Crippen molar-refractivity contribution in [1.29, 1.82) is 0 Å². The molecule has 0 unspecified atom stereocenters. The Bertz CT molecular complexity index is 644. The van der Waals surface area contributed by atoms with Gasteiger partial charge in [-0.1, -0.05) is 155 Å². The van der Waals surface area contributed by atoms with Crippen molar-refractivity contribution in [3.8, 4) is 0 Å². The van der Waals surface area contributed by atoms with Gasteiger partial charge in [0.1, 0.15) is 13.1 Å². The second-order valence-electron chi connectivity index (χ2n) is 15.3. The maximum absolute atomic E-state index is 2.56. The summed E-state index contributed by atoms with van der Waals surface area (Å²) in [7, 11) is 5.11. The molecule has 0 atom stereocenters. The first kappa shape index (κ1) is 41.2. The van der Waals surface area contributed by atoms with Gasteiger partial charge in [-0.15, -0.1) is 0 Å². The van der Waals surface area contributed by atoms with E-state index in [0.29, 0.717) is 0 Å². The number of hydrogen-bond donors (Lipinski definition) is 0. The Hall–Kier alpha value is -0.860. The molecular formula is C42H82N2+2. The van der Waals surface area contributed by atoms with Crippen LogP contribution in [0.25, 0.3) is 0 Å². The van der Waals surface area contributed by atoms with Crippen LogP contribution in [-0.4, -0.2) is 49.2 Å². The van der Waals surface area contributed by atoms with E-state index in [4.69, 9.17) is 0 Å². The lowest BCUT2D eigenvalue weighted by molar-refractivity contribution is -0.923. The highest BCUT2D eigenvalue weighted by Gasteiger charge is 2.24. The monoisotopic (exact) mass is 615 g/mol. The summed E-state index contributed by atoms with van der Waals surface area (Å²) in [5.41, 5.74) is 3.10. The summed E-state index contributed by atoms with van der Waals surface area (Å²) in [6.07, 6.45) is 33.6. The van der Waals surface area contributed by atoms with Crippen LogP contribution in [0.15, 0.2) is 24.3 Å². The molecule has 0 spiro atoms. The number of nitrogens with zero attached hydrogens (tertiary/aromatic N) is 2. The van der Waals surface area contributed by atoms with Gasteiger partial charge < -0.3 is 8.97 Å². The van der Waals surface area contributed by atoms with E-state index in [2.05, 4.69) is 66.1 Å². The third-order valence-corrected chi connectivity index (χ3v) is 10.4. The zero-order chi connectivity index (χ0) is 32.2. The van der Waals surface area contributed by atoms with Crippen LogP contribution in [0.5, 0.6) is 0 Å². The predicted octanol–water partition coefficient (Wildman–Crippen LogP) is 13.0. The Balaban J connectivity index is 2.77. The second-order valence-corrected chi connectivity index (χ2v) is 15.3. The molecule has 0 heterocycles. The molecule has 0 amide bonds. The SMILES string of the molecule is CCCCCCCC[N+](C)(CCCCCCCC)Cc1ccc(C[N+](C)(CCCCCCCC)CCCCCCCC)cc1. The first-order chi connectivity index (χ1) is 21.4. The summed E-state index contributed by atoms with van der Waals surface area (Å²) in [4.78, 5) is 0. The number of rotatable bonds is 32. The van der Waals surface area contributed by atoms with Gasteiger partial charge in [-0.2, -0.15) is 0 Å². The smallest absolute Gasteiger partial charge is 0.104 e. The quantitative estimate of drug-likeness (QED) is 0.0559. The van der Waals surface area contributed by atoms with Crippen molar-refractivity contribution in [2.45, 2.75) is 195 Å². The van der Waals surface area contributed by atoms with Crippen LogP contribution in [0.1, 0.15) is 193 Å². The number of hydrogen-bond acceptors (Lipinski definition) is 0. The molecule has 44 heavy (non-hydrogen) atoms. The van der Waals surface area contributed by atoms with Gasteiger partial charge in [0, 0.05) is 11.1 Å². The molecule has 0 saturated heterocycles. The third-order valence-electron chi connectivity index (χ3n) is 10.4. The van der Waals surface area contributed by atoms with E-state index in [1.165, 1.54) is 202 Å². The first-order valence-electron chi connectivity index (χ1n) is 20.1. The molecule has 0 aromatic heterocycles. The summed E-state index contributed by atoms with van der Waals surface area (Å²) in [6.45, 7) is 17.1. The van der Waals surface area contributed by atoms with Crippen molar-refractivity contribution in [2.24, 2.45) is 0 Å². The maximum atomic E-state index is 2.56. The topological polar surface area (TPSA) is 0 Å². The van der Waals surface area contributed by atoms with Crippen LogP contribution in [0, 0.1) is 0 Å². The van der Waals surface area contributed by atoms with Crippen molar-refractivity contribution in [3.05, 3.63) is 35.4 Å². The van der Waals surface area contributed by atoms with E-state index in [-0.39, 0.29) is 0 Å². The standard InChI is InChI=1S/C42H82N2/c1-7-11-15-19-23-27-35-43(5,36-28-24-20-16-12-8-2)39-41-31-33-42(34-32-41)40-44(6,37-29-25-21-17-13-9-3)38-30-26-22-18-14-10-4/h31-34H,7-30,35-40H2,1-6H3/q+2. The largest absolute Gasteiger partial charge is 0.322 e. The maximum Gasteiger partial charge on any atom is 0.104 e. The molecule has 0 radical (unpaired) electrons. The molecule has 1 aromatic rings. The van der Waals surface area contributed by atoms with Crippen LogP contribution >= 0.6 is 0 Å². The lowest BCUT2D eigenvalue weighted by Crippen LogP contribution is -2.45. The molecule has 0 saturated carbocycles. The molecule has 0 aliphatic heterocycles. The number of benzene rings is 1. The predicted molar refractivity (Wildman–Crippen MR) is 199 cm³/mol. The van der Waals surface area contributed by atoms with Gasteiger partial charge in [0.25, 0.3) is 0 Å². The van der Waals surface area contributed by atoms with Crippen molar-refractivity contribution >= 4 is 0 Å². The van der Waals surface area contributed by atoms with E-state index in [9.17, 15) is 0 Å². The molecule has 0 aliphatic rings. The molecule has 1 rings (SSSR count). The van der Waals surface area contributed by atoms with Crippen LogP contribution in [0.2, 0.25) is 0 Å². The molecule has 0 N–H and O–H groups in total. The molecule has 2 nitrogen and oxygen atoms in total. The number of quaternary nitrogens is 2. The highest BCUT2D eigenvalue weighted by molar-refractivity contribution is 5.21. The number of unbranched alkanes of at least 4 members (excludes halogenated alkanes) is 20. The Labute approximate surface area is 279 Å². The van der Waals surface area contributed by atoms with E-state index >= 15 is 0 Å². The van der Waals surface area contributed by atoms with E-state index in [0.717, 1.165) is 0 Å². The molecule has 0 fully saturated rings. The minimum Gasteiger partial charge on any atom is -0.322 e. The lowest BCUT2D eigenvalue weighted by Gasteiger charge is -2.36.